The fourth-order valence-corrected chi connectivity index (χ4v) is 2.44. The number of aromatic amines is 1. The monoisotopic (exact) mass is 249 g/mol. The number of carbonyl (C=O) groups excluding carboxylic acids is 1. The number of carboxylic acids is 1. The average molecular weight is 249 g/mol. The van der Waals surface area contributed by atoms with Gasteiger partial charge < -0.3 is 14.9 Å². The van der Waals surface area contributed by atoms with Crippen molar-refractivity contribution in [2.24, 2.45) is 0 Å². The molecule has 0 aliphatic carbocycles. The summed E-state index contributed by atoms with van der Waals surface area (Å²) in [6.45, 7) is 3.82. The van der Waals surface area contributed by atoms with Crippen LogP contribution in [0.25, 0.3) is 11.0 Å². The van der Waals surface area contributed by atoms with Gasteiger partial charge in [0.25, 0.3) is 0 Å². The lowest BCUT2D eigenvalue weighted by atomic mass is 10.2. The molecule has 0 aliphatic heterocycles. The number of nitrogens with one attached hydrogen (secondary N) is 1. The number of thioether (sulfide) groups is 1. The molecule has 2 rings (SSSR count). The zero-order valence-electron chi connectivity index (χ0n) is 9.69. The Morgan fingerprint density at radius 1 is 1.59 bits per heavy atom. The first-order valence-corrected chi connectivity index (χ1v) is 6.32. The third-order valence-corrected chi connectivity index (χ3v) is 3.73. The van der Waals surface area contributed by atoms with Crippen molar-refractivity contribution in [1.29, 1.82) is 0 Å². The number of aliphatic carboxylic acids is 1. The highest BCUT2D eigenvalue weighted by Crippen LogP contribution is 2.25. The highest BCUT2D eigenvalue weighted by atomic mass is 32.2. The van der Waals surface area contributed by atoms with E-state index in [1.165, 1.54) is 11.8 Å². The normalized spacial score (nSPS) is 12.8. The van der Waals surface area contributed by atoms with Crippen LogP contribution < -0.4 is 5.11 Å². The summed E-state index contributed by atoms with van der Waals surface area (Å²) in [7, 11) is 0. The predicted molar refractivity (Wildman–Crippen MR) is 65.8 cm³/mol. The number of hydrogen-bond donors (Lipinski definition) is 1. The summed E-state index contributed by atoms with van der Waals surface area (Å²) >= 11 is 1.20. The Bertz CT molecular complexity index is 550. The molecule has 0 amide bonds. The van der Waals surface area contributed by atoms with Crippen molar-refractivity contribution in [1.82, 2.24) is 9.97 Å². The van der Waals surface area contributed by atoms with Crippen molar-refractivity contribution in [3.8, 4) is 0 Å². The van der Waals surface area contributed by atoms with Gasteiger partial charge >= 0.3 is 0 Å². The highest BCUT2D eigenvalue weighted by Gasteiger charge is 2.12. The number of carboxylic acid groups (broad SMARTS) is 1. The van der Waals surface area contributed by atoms with E-state index < -0.39 is 11.2 Å². The van der Waals surface area contributed by atoms with E-state index in [-0.39, 0.29) is 0 Å². The third kappa shape index (κ3) is 2.61. The molecule has 0 fully saturated rings. The molecular formula is C12H13N2O2S-. The molecule has 2 aromatic rings. The number of imidazole rings is 1. The number of fused-ring (bicyclic) bond motifs is 1. The van der Waals surface area contributed by atoms with Gasteiger partial charge in [0.05, 0.1) is 22.3 Å². The molecule has 0 saturated carbocycles. The van der Waals surface area contributed by atoms with E-state index in [1.807, 2.05) is 32.0 Å². The van der Waals surface area contributed by atoms with E-state index in [4.69, 9.17) is 0 Å². The third-order valence-electron chi connectivity index (χ3n) is 2.50. The van der Waals surface area contributed by atoms with Gasteiger partial charge in [-0.3, -0.25) is 0 Å². The Balaban J connectivity index is 2.27. The second-order valence-corrected chi connectivity index (χ2v) is 5.09. The summed E-state index contributed by atoms with van der Waals surface area (Å²) in [5, 5.41) is 10.9. The first-order valence-electron chi connectivity index (χ1n) is 5.44. The van der Waals surface area contributed by atoms with Crippen LogP contribution in [-0.4, -0.2) is 21.2 Å². The van der Waals surface area contributed by atoms with E-state index in [1.54, 1.807) is 0 Å². The summed E-state index contributed by atoms with van der Waals surface area (Å²) in [6, 6.07) is 5.89. The Morgan fingerprint density at radius 3 is 3.00 bits per heavy atom. The van der Waals surface area contributed by atoms with E-state index >= 15 is 0 Å². The van der Waals surface area contributed by atoms with E-state index in [9.17, 15) is 9.90 Å². The molecular weight excluding hydrogens is 236 g/mol. The van der Waals surface area contributed by atoms with Gasteiger partial charge in [-0.15, -0.1) is 0 Å². The number of H-pyrrole nitrogens is 1. The minimum atomic E-state index is -1.05. The Kier molecular flexibility index (Phi) is 3.38. The van der Waals surface area contributed by atoms with Gasteiger partial charge in [-0.1, -0.05) is 24.8 Å². The number of aromatic nitrogens is 2. The average Bonchev–Trinajstić information content (AvgIpc) is 2.66. The van der Waals surface area contributed by atoms with Gasteiger partial charge in [-0.25, -0.2) is 4.98 Å². The standard InChI is InChI=1S/C12H14N2O2S/c1-3-10(11(15)16)17-12-13-8-5-4-7(2)6-9(8)14-12/h4-6,10H,3H2,1-2H3,(H,13,14)(H,15,16)/p-1. The minimum Gasteiger partial charge on any atom is -0.549 e. The number of nitrogens with zero attached hydrogens (tertiary/aromatic N) is 1. The van der Waals surface area contributed by atoms with Gasteiger partial charge in [0.1, 0.15) is 0 Å². The Labute approximate surface area is 103 Å². The van der Waals surface area contributed by atoms with Crippen molar-refractivity contribution in [3.05, 3.63) is 23.8 Å². The molecule has 0 aliphatic rings. The summed E-state index contributed by atoms with van der Waals surface area (Å²) in [5.74, 6) is -1.05. The first kappa shape index (κ1) is 12.0. The summed E-state index contributed by atoms with van der Waals surface area (Å²) in [5.41, 5.74) is 2.93. The fourth-order valence-electron chi connectivity index (χ4n) is 1.59. The van der Waals surface area contributed by atoms with Crippen LogP contribution in [0.5, 0.6) is 0 Å². The van der Waals surface area contributed by atoms with Crippen molar-refractivity contribution in [2.45, 2.75) is 30.7 Å². The smallest absolute Gasteiger partial charge is 0.167 e. The van der Waals surface area contributed by atoms with Crippen LogP contribution in [-0.2, 0) is 4.79 Å². The van der Waals surface area contributed by atoms with Gasteiger partial charge in [-0.05, 0) is 31.0 Å². The first-order chi connectivity index (χ1) is 8.10. The second-order valence-electron chi connectivity index (χ2n) is 3.90. The van der Waals surface area contributed by atoms with Crippen molar-refractivity contribution in [2.75, 3.05) is 0 Å². The predicted octanol–water partition coefficient (Wildman–Crippen LogP) is 1.49. The van der Waals surface area contributed by atoms with Crippen molar-refractivity contribution in [3.63, 3.8) is 0 Å². The maximum Gasteiger partial charge on any atom is 0.167 e. The fraction of sp³-hybridized carbons (Fsp3) is 0.333. The Morgan fingerprint density at radius 2 is 2.35 bits per heavy atom. The molecule has 5 heteroatoms. The van der Waals surface area contributed by atoms with Crippen LogP contribution in [0.4, 0.5) is 0 Å². The summed E-state index contributed by atoms with van der Waals surface area (Å²) in [6.07, 6.45) is 0.517. The van der Waals surface area contributed by atoms with Crippen molar-refractivity contribution < 1.29 is 9.90 Å². The second kappa shape index (κ2) is 4.79. The lowest BCUT2D eigenvalue weighted by molar-refractivity contribution is -0.304. The lowest BCUT2D eigenvalue weighted by Gasteiger charge is -2.12. The molecule has 0 saturated heterocycles. The Hall–Kier alpha value is -1.49. The SMILES string of the molecule is CCC(Sc1nc2ccc(C)cc2[nH]1)C(=O)[O-]. The summed E-state index contributed by atoms with van der Waals surface area (Å²) in [4.78, 5) is 18.3. The van der Waals surface area contributed by atoms with Gasteiger partial charge in [0.2, 0.25) is 0 Å². The van der Waals surface area contributed by atoms with Gasteiger partial charge in [-0.2, -0.15) is 0 Å². The molecule has 1 atom stereocenters. The van der Waals surface area contributed by atoms with Crippen LogP contribution in [0.3, 0.4) is 0 Å². The minimum absolute atomic E-state index is 0.517. The van der Waals surface area contributed by atoms with Crippen LogP contribution in [0, 0.1) is 6.92 Å². The highest BCUT2D eigenvalue weighted by molar-refractivity contribution is 8.00. The van der Waals surface area contributed by atoms with Crippen molar-refractivity contribution >= 4 is 28.8 Å². The molecule has 0 bridgehead atoms. The van der Waals surface area contributed by atoms with Gasteiger partial charge in [0.15, 0.2) is 5.16 Å². The number of carbonyl (C=O) groups is 1. The molecule has 1 aromatic heterocycles. The zero-order valence-corrected chi connectivity index (χ0v) is 10.5. The van der Waals surface area contributed by atoms with Crippen LogP contribution in [0.15, 0.2) is 23.4 Å². The van der Waals surface area contributed by atoms with Crippen LogP contribution >= 0.6 is 11.8 Å². The maximum absolute atomic E-state index is 10.8. The zero-order chi connectivity index (χ0) is 12.4. The number of rotatable bonds is 4. The topological polar surface area (TPSA) is 68.8 Å². The molecule has 1 unspecified atom stereocenters. The molecule has 90 valence electrons. The van der Waals surface area contributed by atoms with E-state index in [0.29, 0.717) is 11.6 Å². The number of hydrogen-bond acceptors (Lipinski definition) is 4. The largest absolute Gasteiger partial charge is 0.549 e. The molecule has 1 heterocycles. The van der Waals surface area contributed by atoms with Crippen LogP contribution in [0.1, 0.15) is 18.9 Å². The molecule has 1 N–H and O–H groups in total. The molecule has 17 heavy (non-hydrogen) atoms. The van der Waals surface area contributed by atoms with Crippen LogP contribution in [0.2, 0.25) is 0 Å². The van der Waals surface area contributed by atoms with E-state index in [2.05, 4.69) is 9.97 Å². The van der Waals surface area contributed by atoms with Gasteiger partial charge in [0, 0.05) is 0 Å². The maximum atomic E-state index is 10.8. The quantitative estimate of drug-likeness (QED) is 0.833. The molecule has 0 spiro atoms. The summed E-state index contributed by atoms with van der Waals surface area (Å²) < 4.78 is 0. The molecule has 0 radical (unpaired) electrons. The van der Waals surface area contributed by atoms with E-state index in [0.717, 1.165) is 16.6 Å². The molecule has 1 aromatic carbocycles. The molecule has 4 nitrogen and oxygen atoms in total. The lowest BCUT2D eigenvalue weighted by Crippen LogP contribution is -2.33. The number of benzene rings is 1. The number of aryl methyl sites for hydroxylation is 1.